The molecule has 2 heterocycles. The van der Waals surface area contributed by atoms with Crippen LogP contribution in [0.5, 0.6) is 0 Å². The zero-order valence-electron chi connectivity index (χ0n) is 10.5. The van der Waals surface area contributed by atoms with E-state index in [9.17, 15) is 13.2 Å². The Morgan fingerprint density at radius 1 is 1.42 bits per heavy atom. The molecule has 9 heteroatoms. The van der Waals surface area contributed by atoms with Gasteiger partial charge in [-0.15, -0.1) is 0 Å². The van der Waals surface area contributed by atoms with Crippen LogP contribution in [-0.4, -0.2) is 51.0 Å². The highest BCUT2D eigenvalue weighted by Gasteiger charge is 2.33. The summed E-state index contributed by atoms with van der Waals surface area (Å²) in [5, 5.41) is 0. The molecule has 1 amide bonds. The molecule has 19 heavy (non-hydrogen) atoms. The molecule has 1 aromatic rings. The second kappa shape index (κ2) is 4.92. The first-order valence-corrected chi connectivity index (χ1v) is 6.95. The average molecular weight is 286 g/mol. The smallest absolute Gasteiger partial charge is 0.425 e. The van der Waals surface area contributed by atoms with Gasteiger partial charge in [0.2, 0.25) is 0 Å². The van der Waals surface area contributed by atoms with Crippen molar-refractivity contribution in [3.05, 3.63) is 18.3 Å². The van der Waals surface area contributed by atoms with Crippen LogP contribution >= 0.6 is 0 Å². The molecular formula is C10H14N4O4S. The minimum atomic E-state index is -3.94. The summed E-state index contributed by atoms with van der Waals surface area (Å²) in [4.78, 5) is 17.1. The van der Waals surface area contributed by atoms with Gasteiger partial charge in [0.15, 0.2) is 0 Å². The van der Waals surface area contributed by atoms with Gasteiger partial charge < -0.3 is 9.64 Å². The molecule has 0 unspecified atom stereocenters. The van der Waals surface area contributed by atoms with Crippen molar-refractivity contribution in [3.8, 4) is 0 Å². The van der Waals surface area contributed by atoms with E-state index in [1.165, 1.54) is 6.20 Å². The van der Waals surface area contributed by atoms with Crippen LogP contribution in [0.15, 0.2) is 18.3 Å². The summed E-state index contributed by atoms with van der Waals surface area (Å²) in [5.41, 5.74) is 0.283. The highest BCUT2D eigenvalue weighted by molar-refractivity contribution is 7.90. The van der Waals surface area contributed by atoms with Gasteiger partial charge in [0.1, 0.15) is 12.4 Å². The highest BCUT2D eigenvalue weighted by Crippen LogP contribution is 2.16. The Labute approximate surface area is 111 Å². The fraction of sp³-hybridized carbons (Fsp3) is 0.400. The first-order valence-electron chi connectivity index (χ1n) is 5.51. The van der Waals surface area contributed by atoms with Crippen molar-refractivity contribution in [1.29, 1.82) is 0 Å². The number of rotatable bonds is 4. The van der Waals surface area contributed by atoms with Gasteiger partial charge in [-0.25, -0.2) is 9.78 Å². The third-order valence-electron chi connectivity index (χ3n) is 2.47. The molecule has 0 atom stereocenters. The van der Waals surface area contributed by atoms with Crippen molar-refractivity contribution in [2.75, 3.05) is 36.9 Å². The molecule has 1 aliphatic rings. The molecule has 0 aromatic carbocycles. The Morgan fingerprint density at radius 3 is 2.63 bits per heavy atom. The van der Waals surface area contributed by atoms with Crippen LogP contribution in [0.2, 0.25) is 0 Å². The predicted octanol–water partition coefficient (Wildman–Crippen LogP) is 0.256. The maximum absolute atomic E-state index is 11.9. The Kier molecular flexibility index (Phi) is 3.47. The van der Waals surface area contributed by atoms with Crippen LogP contribution in [0, 0.1) is 0 Å². The highest BCUT2D eigenvalue weighted by atomic mass is 32.2. The molecule has 8 nitrogen and oxygen atoms in total. The number of aromatic nitrogens is 1. The van der Waals surface area contributed by atoms with E-state index in [-0.39, 0.29) is 18.8 Å². The van der Waals surface area contributed by atoms with Crippen LogP contribution in [0.4, 0.5) is 16.3 Å². The Bertz CT molecular complexity index is 570. The van der Waals surface area contributed by atoms with Crippen LogP contribution in [0.3, 0.4) is 0 Å². The average Bonchev–Trinajstić information content (AvgIpc) is 2.76. The van der Waals surface area contributed by atoms with E-state index in [4.69, 9.17) is 0 Å². The zero-order valence-corrected chi connectivity index (χ0v) is 11.3. The van der Waals surface area contributed by atoms with Crippen molar-refractivity contribution in [2.45, 2.75) is 0 Å². The molecule has 1 saturated heterocycles. The first kappa shape index (κ1) is 13.4. The Balaban J connectivity index is 2.14. The van der Waals surface area contributed by atoms with Crippen molar-refractivity contribution in [1.82, 2.24) is 9.29 Å². The summed E-state index contributed by atoms with van der Waals surface area (Å²) < 4.78 is 31.3. The molecule has 0 saturated carbocycles. The maximum atomic E-state index is 11.9. The Hall–Kier alpha value is -2.03. The summed E-state index contributed by atoms with van der Waals surface area (Å²) in [6.07, 6.45) is 0.513. The zero-order chi connectivity index (χ0) is 14.0. The van der Waals surface area contributed by atoms with Gasteiger partial charge in [-0.05, 0) is 12.1 Å². The minimum absolute atomic E-state index is 0.0113. The minimum Gasteiger partial charge on any atom is -0.447 e. The quantitative estimate of drug-likeness (QED) is 0.853. The first-order chi connectivity index (χ1) is 8.90. The lowest BCUT2D eigenvalue weighted by atomic mass is 10.4. The number of ether oxygens (including phenoxy) is 1. The lowest BCUT2D eigenvalue weighted by Gasteiger charge is -2.15. The van der Waals surface area contributed by atoms with E-state index in [0.29, 0.717) is 10.1 Å². The number of carbonyl (C=O) groups is 1. The summed E-state index contributed by atoms with van der Waals surface area (Å²) in [7, 11) is -0.289. The van der Waals surface area contributed by atoms with E-state index in [1.54, 1.807) is 17.0 Å². The van der Waals surface area contributed by atoms with Gasteiger partial charge in [-0.3, -0.25) is 4.72 Å². The maximum Gasteiger partial charge on any atom is 0.425 e. The normalized spacial score (nSPS) is 15.3. The number of hydrogen-bond acceptors (Lipinski definition) is 6. The van der Waals surface area contributed by atoms with Crippen molar-refractivity contribution >= 4 is 27.8 Å². The summed E-state index contributed by atoms with van der Waals surface area (Å²) in [6, 6.07) is 3.24. The van der Waals surface area contributed by atoms with Gasteiger partial charge in [0.25, 0.3) is 0 Å². The predicted molar refractivity (Wildman–Crippen MR) is 69.2 cm³/mol. The molecule has 104 valence electrons. The molecule has 0 radical (unpaired) electrons. The fourth-order valence-corrected chi connectivity index (χ4v) is 2.61. The second-order valence-electron chi connectivity index (χ2n) is 4.09. The number of anilines is 2. The third-order valence-corrected chi connectivity index (χ3v) is 3.87. The molecule has 1 aliphatic heterocycles. The molecule has 0 aliphatic carbocycles. The monoisotopic (exact) mass is 286 g/mol. The van der Waals surface area contributed by atoms with Gasteiger partial charge in [-0.1, -0.05) is 0 Å². The van der Waals surface area contributed by atoms with Crippen LogP contribution in [0.1, 0.15) is 0 Å². The molecular weight excluding hydrogens is 272 g/mol. The summed E-state index contributed by atoms with van der Waals surface area (Å²) >= 11 is 0. The number of nitrogens with zero attached hydrogens (tertiary/aromatic N) is 3. The van der Waals surface area contributed by atoms with Crippen LogP contribution in [-0.2, 0) is 14.9 Å². The van der Waals surface area contributed by atoms with E-state index >= 15 is 0 Å². The lowest BCUT2D eigenvalue weighted by molar-refractivity contribution is 0.170. The molecule has 0 bridgehead atoms. The van der Waals surface area contributed by atoms with E-state index < -0.39 is 16.3 Å². The number of amides is 1. The van der Waals surface area contributed by atoms with Gasteiger partial charge in [0.05, 0.1) is 18.4 Å². The van der Waals surface area contributed by atoms with Crippen LogP contribution in [0.25, 0.3) is 0 Å². The van der Waals surface area contributed by atoms with E-state index in [0.717, 1.165) is 0 Å². The van der Waals surface area contributed by atoms with Crippen LogP contribution < -0.4 is 9.62 Å². The van der Waals surface area contributed by atoms with E-state index in [2.05, 4.69) is 14.4 Å². The molecule has 0 spiro atoms. The molecule has 2 rings (SSSR count). The molecule has 1 N–H and O–H groups in total. The third kappa shape index (κ3) is 2.87. The van der Waals surface area contributed by atoms with Gasteiger partial charge >= 0.3 is 16.3 Å². The van der Waals surface area contributed by atoms with Crippen molar-refractivity contribution in [2.24, 2.45) is 0 Å². The SMILES string of the molecule is CN(C)c1ccc(NS(=O)(=O)N2CCOC2=O)cn1. The van der Waals surface area contributed by atoms with Gasteiger partial charge in [0, 0.05) is 14.1 Å². The number of carbonyl (C=O) groups excluding carboxylic acids is 1. The summed E-state index contributed by atoms with van der Waals surface area (Å²) in [5.74, 6) is 0.698. The largest absolute Gasteiger partial charge is 0.447 e. The summed E-state index contributed by atoms with van der Waals surface area (Å²) in [6.45, 7) is 0.0783. The van der Waals surface area contributed by atoms with E-state index in [1.807, 2.05) is 14.1 Å². The topological polar surface area (TPSA) is 91.8 Å². The number of hydrogen-bond donors (Lipinski definition) is 1. The number of nitrogens with one attached hydrogen (secondary N) is 1. The van der Waals surface area contributed by atoms with Crippen molar-refractivity contribution < 1.29 is 17.9 Å². The van der Waals surface area contributed by atoms with Crippen molar-refractivity contribution in [3.63, 3.8) is 0 Å². The number of pyridine rings is 1. The fourth-order valence-electron chi connectivity index (χ4n) is 1.51. The molecule has 1 aromatic heterocycles. The standard InChI is InChI=1S/C10H14N4O4S/c1-13(2)9-4-3-8(7-11-9)12-19(16,17)14-5-6-18-10(14)15/h3-4,7,12H,5-6H2,1-2H3. The second-order valence-corrected chi connectivity index (χ2v) is 5.69. The molecule has 1 fully saturated rings. The van der Waals surface area contributed by atoms with Gasteiger partial charge in [-0.2, -0.15) is 12.7 Å². The lowest BCUT2D eigenvalue weighted by Crippen LogP contribution is -2.36. The number of cyclic esters (lactones) is 1. The Morgan fingerprint density at radius 2 is 2.16 bits per heavy atom.